The van der Waals surface area contributed by atoms with Crippen LogP contribution in [0.2, 0.25) is 0 Å². The maximum atomic E-state index is 13.6. The number of nitrogens with one attached hydrogen (secondary N) is 1. The maximum absolute atomic E-state index is 13.6. The molecule has 4 heteroatoms. The molecule has 16 heavy (non-hydrogen) atoms. The molecule has 2 rings (SSSR count). The standard InChI is InChI=1S/C12H17FN2S/c1-12(2)7-15-11(6-16-12)9-5-8(14)3-4-10(9)13/h3-5,11,15H,6-7,14H2,1-2H3. The van der Waals surface area contributed by atoms with Crippen LogP contribution >= 0.6 is 11.8 Å². The Hall–Kier alpha value is -0.740. The van der Waals surface area contributed by atoms with Crippen LogP contribution < -0.4 is 11.1 Å². The topological polar surface area (TPSA) is 38.0 Å². The summed E-state index contributed by atoms with van der Waals surface area (Å²) in [5.74, 6) is 0.708. The Morgan fingerprint density at radius 2 is 2.25 bits per heavy atom. The molecular formula is C12H17FN2S. The number of nitrogen functional groups attached to an aromatic ring is 1. The second-order valence-electron chi connectivity index (χ2n) is 4.79. The molecule has 1 unspecified atom stereocenters. The highest BCUT2D eigenvalue weighted by atomic mass is 32.2. The Bertz CT molecular complexity index is 383. The Balaban J connectivity index is 2.17. The molecule has 3 N–H and O–H groups in total. The van der Waals surface area contributed by atoms with E-state index in [0.717, 1.165) is 12.3 Å². The first kappa shape index (κ1) is 11.7. The lowest BCUT2D eigenvalue weighted by atomic mass is 10.1. The summed E-state index contributed by atoms with van der Waals surface area (Å²) in [4.78, 5) is 0. The summed E-state index contributed by atoms with van der Waals surface area (Å²) in [6.45, 7) is 5.27. The van der Waals surface area contributed by atoms with E-state index in [4.69, 9.17) is 5.73 Å². The summed E-state index contributed by atoms with van der Waals surface area (Å²) in [6.07, 6.45) is 0. The Labute approximate surface area is 99.8 Å². The van der Waals surface area contributed by atoms with E-state index < -0.39 is 0 Å². The summed E-state index contributed by atoms with van der Waals surface area (Å²) in [6, 6.07) is 4.84. The molecule has 0 bridgehead atoms. The summed E-state index contributed by atoms with van der Waals surface area (Å²) < 4.78 is 13.9. The zero-order chi connectivity index (χ0) is 11.8. The molecule has 0 amide bonds. The van der Waals surface area contributed by atoms with Gasteiger partial charge in [0.1, 0.15) is 5.82 Å². The molecule has 1 aliphatic heterocycles. The van der Waals surface area contributed by atoms with Crippen LogP contribution in [0.25, 0.3) is 0 Å². The predicted molar refractivity (Wildman–Crippen MR) is 68.1 cm³/mol. The zero-order valence-electron chi connectivity index (χ0n) is 9.59. The molecule has 0 radical (unpaired) electrons. The first-order valence-corrected chi connectivity index (χ1v) is 6.39. The fourth-order valence-corrected chi connectivity index (χ4v) is 2.92. The number of thioether (sulfide) groups is 1. The van der Waals surface area contributed by atoms with Gasteiger partial charge >= 0.3 is 0 Å². The smallest absolute Gasteiger partial charge is 0.128 e. The number of benzene rings is 1. The van der Waals surface area contributed by atoms with Crippen molar-refractivity contribution >= 4 is 17.4 Å². The minimum Gasteiger partial charge on any atom is -0.399 e. The van der Waals surface area contributed by atoms with Crippen molar-refractivity contribution < 1.29 is 4.39 Å². The van der Waals surface area contributed by atoms with Gasteiger partial charge in [-0.05, 0) is 32.0 Å². The SMILES string of the molecule is CC1(C)CNC(c2cc(N)ccc2F)CS1. The molecule has 0 aromatic heterocycles. The number of hydrogen-bond donors (Lipinski definition) is 2. The number of nitrogens with two attached hydrogens (primary N) is 1. The summed E-state index contributed by atoms with van der Waals surface area (Å²) in [5, 5.41) is 3.38. The molecular weight excluding hydrogens is 223 g/mol. The first-order valence-electron chi connectivity index (χ1n) is 5.40. The second-order valence-corrected chi connectivity index (χ2v) is 6.51. The maximum Gasteiger partial charge on any atom is 0.128 e. The lowest BCUT2D eigenvalue weighted by Gasteiger charge is -2.35. The molecule has 0 saturated carbocycles. The molecule has 1 fully saturated rings. The molecule has 0 spiro atoms. The molecule has 1 aromatic carbocycles. The molecule has 2 nitrogen and oxygen atoms in total. The number of rotatable bonds is 1. The van der Waals surface area contributed by atoms with E-state index in [1.54, 1.807) is 12.1 Å². The largest absolute Gasteiger partial charge is 0.399 e. The predicted octanol–water partition coefficient (Wildman–Crippen LogP) is 2.56. The average Bonchev–Trinajstić information content (AvgIpc) is 2.22. The number of anilines is 1. The van der Waals surface area contributed by atoms with E-state index >= 15 is 0 Å². The van der Waals surface area contributed by atoms with E-state index in [0.29, 0.717) is 11.3 Å². The fraction of sp³-hybridized carbons (Fsp3) is 0.500. The van der Waals surface area contributed by atoms with Gasteiger partial charge in [0.2, 0.25) is 0 Å². The second kappa shape index (κ2) is 4.26. The van der Waals surface area contributed by atoms with Crippen LogP contribution in [0.3, 0.4) is 0 Å². The highest BCUT2D eigenvalue weighted by Gasteiger charge is 2.28. The highest BCUT2D eigenvalue weighted by molar-refractivity contribution is 8.00. The van der Waals surface area contributed by atoms with Crippen molar-refractivity contribution in [1.29, 1.82) is 0 Å². The Morgan fingerprint density at radius 3 is 2.88 bits per heavy atom. The van der Waals surface area contributed by atoms with E-state index in [-0.39, 0.29) is 16.6 Å². The average molecular weight is 240 g/mol. The molecule has 1 aliphatic rings. The molecule has 88 valence electrons. The van der Waals surface area contributed by atoms with Crippen molar-refractivity contribution in [2.75, 3.05) is 18.0 Å². The minimum atomic E-state index is -0.174. The van der Waals surface area contributed by atoms with Gasteiger partial charge in [0.25, 0.3) is 0 Å². The summed E-state index contributed by atoms with van der Waals surface area (Å²) in [5.41, 5.74) is 6.99. The third-order valence-corrected chi connectivity index (χ3v) is 4.24. The van der Waals surface area contributed by atoms with Crippen molar-refractivity contribution in [2.24, 2.45) is 0 Å². The van der Waals surface area contributed by atoms with Crippen LogP contribution in [0.1, 0.15) is 25.5 Å². The van der Waals surface area contributed by atoms with E-state index in [2.05, 4.69) is 19.2 Å². The Kier molecular flexibility index (Phi) is 3.13. The van der Waals surface area contributed by atoms with Gasteiger partial charge in [-0.15, -0.1) is 0 Å². The van der Waals surface area contributed by atoms with Crippen molar-refractivity contribution in [3.05, 3.63) is 29.6 Å². The fourth-order valence-electron chi connectivity index (χ4n) is 1.82. The molecule has 0 aliphatic carbocycles. The zero-order valence-corrected chi connectivity index (χ0v) is 10.4. The lowest BCUT2D eigenvalue weighted by Crippen LogP contribution is -2.41. The number of hydrogen-bond acceptors (Lipinski definition) is 3. The van der Waals surface area contributed by atoms with E-state index in [1.807, 2.05) is 11.8 Å². The van der Waals surface area contributed by atoms with Crippen molar-refractivity contribution in [3.8, 4) is 0 Å². The van der Waals surface area contributed by atoms with Crippen LogP contribution in [-0.2, 0) is 0 Å². The van der Waals surface area contributed by atoms with Gasteiger partial charge in [0.15, 0.2) is 0 Å². The molecule has 1 heterocycles. The molecule has 1 aromatic rings. The minimum absolute atomic E-state index is 0.0709. The van der Waals surface area contributed by atoms with Crippen LogP contribution in [0.15, 0.2) is 18.2 Å². The van der Waals surface area contributed by atoms with Crippen LogP contribution in [-0.4, -0.2) is 17.0 Å². The van der Waals surface area contributed by atoms with Crippen LogP contribution in [0.4, 0.5) is 10.1 Å². The normalized spacial score (nSPS) is 24.3. The Morgan fingerprint density at radius 1 is 1.50 bits per heavy atom. The van der Waals surface area contributed by atoms with E-state index in [1.165, 1.54) is 6.07 Å². The van der Waals surface area contributed by atoms with Gasteiger partial charge in [0.05, 0.1) is 0 Å². The van der Waals surface area contributed by atoms with Crippen molar-refractivity contribution in [2.45, 2.75) is 24.6 Å². The van der Waals surface area contributed by atoms with Gasteiger partial charge < -0.3 is 11.1 Å². The van der Waals surface area contributed by atoms with Gasteiger partial charge in [-0.25, -0.2) is 4.39 Å². The van der Waals surface area contributed by atoms with Crippen LogP contribution in [0, 0.1) is 5.82 Å². The van der Waals surface area contributed by atoms with Gasteiger partial charge in [0, 0.05) is 34.3 Å². The van der Waals surface area contributed by atoms with Gasteiger partial charge in [-0.1, -0.05) is 0 Å². The third-order valence-electron chi connectivity index (χ3n) is 2.81. The number of halogens is 1. The van der Waals surface area contributed by atoms with Crippen LogP contribution in [0.5, 0.6) is 0 Å². The van der Waals surface area contributed by atoms with Gasteiger partial charge in [-0.2, -0.15) is 11.8 Å². The van der Waals surface area contributed by atoms with E-state index in [9.17, 15) is 4.39 Å². The summed E-state index contributed by atoms with van der Waals surface area (Å²) in [7, 11) is 0. The first-order chi connectivity index (χ1) is 7.48. The van der Waals surface area contributed by atoms with Crippen molar-refractivity contribution in [3.63, 3.8) is 0 Å². The quantitative estimate of drug-likeness (QED) is 0.741. The summed E-state index contributed by atoms with van der Waals surface area (Å²) >= 11 is 1.87. The molecule has 1 saturated heterocycles. The van der Waals surface area contributed by atoms with Crippen molar-refractivity contribution in [1.82, 2.24) is 5.32 Å². The highest BCUT2D eigenvalue weighted by Crippen LogP contribution is 2.34. The lowest BCUT2D eigenvalue weighted by molar-refractivity contribution is 0.483. The monoisotopic (exact) mass is 240 g/mol. The molecule has 1 atom stereocenters. The third kappa shape index (κ3) is 2.50. The van der Waals surface area contributed by atoms with Gasteiger partial charge in [-0.3, -0.25) is 0 Å².